The molecule has 2 aromatic heterocycles. The molecule has 4 rings (SSSR count). The van der Waals surface area contributed by atoms with Crippen molar-refractivity contribution >= 4 is 17.8 Å². The maximum Gasteiger partial charge on any atom is 0.490 e. The van der Waals surface area contributed by atoms with Crippen LogP contribution in [0.15, 0.2) is 36.4 Å². The monoisotopic (exact) mass is 648 g/mol. The number of nitrogens with one attached hydrogen (secondary N) is 1. The summed E-state index contributed by atoms with van der Waals surface area (Å²) in [6.07, 6.45) is -1.77. The number of halogens is 3. The van der Waals surface area contributed by atoms with Gasteiger partial charge in [0.1, 0.15) is 11.6 Å². The summed E-state index contributed by atoms with van der Waals surface area (Å²) in [7, 11) is 1.85. The first-order valence-corrected chi connectivity index (χ1v) is 15.2. The van der Waals surface area contributed by atoms with Gasteiger partial charge in [0, 0.05) is 37.7 Å². The second kappa shape index (κ2) is 15.3. The molecule has 1 atom stereocenters. The van der Waals surface area contributed by atoms with Crippen molar-refractivity contribution in [2.45, 2.75) is 90.3 Å². The van der Waals surface area contributed by atoms with Crippen LogP contribution in [-0.2, 0) is 41.3 Å². The van der Waals surface area contributed by atoms with E-state index in [1.54, 1.807) is 4.68 Å². The van der Waals surface area contributed by atoms with E-state index in [1.807, 2.05) is 33.0 Å². The Morgan fingerprint density at radius 1 is 1.07 bits per heavy atom. The van der Waals surface area contributed by atoms with Crippen molar-refractivity contribution in [1.29, 1.82) is 0 Å². The van der Waals surface area contributed by atoms with Crippen LogP contribution in [0.5, 0.6) is 11.6 Å². The number of rotatable bonds is 11. The van der Waals surface area contributed by atoms with Crippen LogP contribution in [0, 0.1) is 0 Å². The van der Waals surface area contributed by atoms with Gasteiger partial charge in [-0.05, 0) is 67.3 Å². The number of ether oxygens (including phenoxy) is 2. The number of alkyl halides is 3. The van der Waals surface area contributed by atoms with Crippen LogP contribution in [-0.4, -0.2) is 62.3 Å². The van der Waals surface area contributed by atoms with Crippen LogP contribution in [0.1, 0.15) is 81.5 Å². The summed E-state index contributed by atoms with van der Waals surface area (Å²) in [6, 6.07) is 12.3. The maximum atomic E-state index is 11.9. The molecule has 0 bridgehead atoms. The van der Waals surface area contributed by atoms with Gasteiger partial charge in [-0.25, -0.2) is 14.5 Å². The fourth-order valence-corrected chi connectivity index (χ4v) is 4.96. The molecule has 3 heterocycles. The molecule has 3 aromatic rings. The van der Waals surface area contributed by atoms with E-state index in [9.17, 15) is 23.1 Å². The molecule has 0 amide bonds. The van der Waals surface area contributed by atoms with E-state index in [1.165, 1.54) is 5.56 Å². The van der Waals surface area contributed by atoms with Crippen molar-refractivity contribution in [3.8, 4) is 11.6 Å². The van der Waals surface area contributed by atoms with Crippen LogP contribution in [0.2, 0.25) is 0 Å². The van der Waals surface area contributed by atoms with Gasteiger partial charge in [-0.3, -0.25) is 4.79 Å². The van der Waals surface area contributed by atoms with Gasteiger partial charge in [-0.2, -0.15) is 18.3 Å². The van der Waals surface area contributed by atoms with E-state index < -0.39 is 18.1 Å². The summed E-state index contributed by atoms with van der Waals surface area (Å²) in [5.41, 5.74) is 5.01. The topological polar surface area (TPSA) is 136 Å². The van der Waals surface area contributed by atoms with Gasteiger partial charge < -0.3 is 25.0 Å². The highest BCUT2D eigenvalue weighted by Crippen LogP contribution is 2.36. The lowest BCUT2D eigenvalue weighted by Crippen LogP contribution is -2.21. The largest absolute Gasteiger partial charge is 0.491 e. The number of hydrogen-bond acceptors (Lipinski definition) is 7. The summed E-state index contributed by atoms with van der Waals surface area (Å²) >= 11 is 0. The van der Waals surface area contributed by atoms with E-state index in [0.717, 1.165) is 53.5 Å². The highest BCUT2D eigenvalue weighted by molar-refractivity contribution is 5.73. The molecule has 1 aromatic carbocycles. The van der Waals surface area contributed by atoms with Crippen molar-refractivity contribution in [3.05, 3.63) is 64.5 Å². The SMILES string of the molecule is CC(C)Oc1ccc(C(C)(C)C)cc1C(CC(=O)O)Cc1cc(OCCc2ccc3c(n2)NCCC3)n(C)n1.O=C(O)C(F)(F)F. The van der Waals surface area contributed by atoms with Crippen LogP contribution in [0.3, 0.4) is 0 Å². The minimum atomic E-state index is -5.08. The second-order valence-corrected chi connectivity index (χ2v) is 12.5. The number of aliphatic carboxylic acids is 2. The molecule has 10 nitrogen and oxygen atoms in total. The lowest BCUT2D eigenvalue weighted by atomic mass is 9.82. The summed E-state index contributed by atoms with van der Waals surface area (Å²) in [4.78, 5) is 25.6. The Morgan fingerprint density at radius 3 is 2.37 bits per heavy atom. The normalized spacial score (nSPS) is 13.6. The molecule has 1 unspecified atom stereocenters. The van der Waals surface area contributed by atoms with E-state index >= 15 is 0 Å². The number of carbonyl (C=O) groups is 2. The van der Waals surface area contributed by atoms with E-state index in [4.69, 9.17) is 24.4 Å². The zero-order valence-electron chi connectivity index (χ0n) is 27.1. The van der Waals surface area contributed by atoms with Crippen molar-refractivity contribution < 1.29 is 42.4 Å². The molecule has 1 aliphatic rings. The number of hydrogen-bond donors (Lipinski definition) is 3. The van der Waals surface area contributed by atoms with Gasteiger partial charge in [-0.1, -0.05) is 39.0 Å². The predicted molar refractivity (Wildman–Crippen MR) is 167 cm³/mol. The van der Waals surface area contributed by atoms with Crippen molar-refractivity contribution in [2.24, 2.45) is 7.05 Å². The number of aromatic nitrogens is 3. The number of benzene rings is 1. The van der Waals surface area contributed by atoms with Crippen molar-refractivity contribution in [2.75, 3.05) is 18.5 Å². The van der Waals surface area contributed by atoms with Gasteiger partial charge in [0.2, 0.25) is 5.88 Å². The fourth-order valence-electron chi connectivity index (χ4n) is 4.96. The number of nitrogens with zero attached hydrogens (tertiary/aromatic N) is 3. The van der Waals surface area contributed by atoms with Gasteiger partial charge >= 0.3 is 18.1 Å². The summed E-state index contributed by atoms with van der Waals surface area (Å²) in [6.45, 7) is 11.9. The minimum Gasteiger partial charge on any atom is -0.491 e. The lowest BCUT2D eigenvalue weighted by Gasteiger charge is -2.25. The summed E-state index contributed by atoms with van der Waals surface area (Å²) in [5.74, 6) is -1.54. The number of fused-ring (bicyclic) bond motifs is 1. The fraction of sp³-hybridized carbons (Fsp3) is 0.515. The first-order valence-electron chi connectivity index (χ1n) is 15.2. The number of anilines is 1. The highest BCUT2D eigenvalue weighted by atomic mass is 19.4. The van der Waals surface area contributed by atoms with Gasteiger partial charge in [0.05, 0.1) is 24.8 Å². The summed E-state index contributed by atoms with van der Waals surface area (Å²) in [5, 5.41) is 24.9. The Kier molecular flexibility index (Phi) is 12.1. The number of pyridine rings is 1. The Balaban J connectivity index is 0.000000738. The Hall–Kier alpha value is -4.29. The first kappa shape index (κ1) is 36.2. The van der Waals surface area contributed by atoms with E-state index in [0.29, 0.717) is 25.3 Å². The van der Waals surface area contributed by atoms with E-state index in [-0.39, 0.29) is 23.9 Å². The first-order chi connectivity index (χ1) is 21.4. The molecule has 46 heavy (non-hydrogen) atoms. The van der Waals surface area contributed by atoms with Crippen LogP contribution in [0.4, 0.5) is 19.0 Å². The molecule has 3 N–H and O–H groups in total. The zero-order valence-corrected chi connectivity index (χ0v) is 27.1. The summed E-state index contributed by atoms with van der Waals surface area (Å²) < 4.78 is 45.6. The maximum absolute atomic E-state index is 11.9. The molecule has 0 saturated carbocycles. The lowest BCUT2D eigenvalue weighted by molar-refractivity contribution is -0.192. The average Bonchev–Trinajstić information content (AvgIpc) is 3.30. The number of carboxylic acid groups (broad SMARTS) is 2. The quantitative estimate of drug-likeness (QED) is 0.218. The van der Waals surface area contributed by atoms with E-state index in [2.05, 4.69) is 55.5 Å². The minimum absolute atomic E-state index is 0.0210. The molecule has 0 fully saturated rings. The Bertz CT molecular complexity index is 1500. The molecular weight excluding hydrogens is 605 g/mol. The Labute approximate surface area is 266 Å². The standard InChI is InChI=1S/C31H42N4O4.C2HF3O2/c1-20(2)39-27-12-10-23(31(3,4)5)18-26(27)22(17-29(36)37)16-25-19-28(35(6)34-25)38-15-13-24-11-9-21-8-7-14-32-30(21)33-24;3-2(4,5)1(6)7/h9-12,18-20,22H,7-8,13-17H2,1-6H3,(H,32,33)(H,36,37);(H,6,7). The molecule has 0 saturated heterocycles. The second-order valence-electron chi connectivity index (χ2n) is 12.5. The smallest absolute Gasteiger partial charge is 0.490 e. The molecule has 1 aliphatic heterocycles. The van der Waals surface area contributed by atoms with Gasteiger partial charge in [0.15, 0.2) is 0 Å². The molecule has 0 aliphatic carbocycles. The molecular formula is C33H43F3N4O6. The zero-order chi connectivity index (χ0) is 34.2. The molecule has 0 spiro atoms. The number of aryl methyl sites for hydroxylation is 2. The third-order valence-electron chi connectivity index (χ3n) is 7.24. The molecule has 0 radical (unpaired) electrons. The highest BCUT2D eigenvalue weighted by Gasteiger charge is 2.38. The third-order valence-corrected chi connectivity index (χ3v) is 7.24. The molecule has 13 heteroatoms. The van der Waals surface area contributed by atoms with Gasteiger partial charge in [0.25, 0.3) is 0 Å². The van der Waals surface area contributed by atoms with Crippen molar-refractivity contribution in [3.63, 3.8) is 0 Å². The Morgan fingerprint density at radius 2 is 1.76 bits per heavy atom. The average molecular weight is 649 g/mol. The predicted octanol–water partition coefficient (Wildman–Crippen LogP) is 6.31. The van der Waals surface area contributed by atoms with Crippen LogP contribution >= 0.6 is 0 Å². The van der Waals surface area contributed by atoms with Gasteiger partial charge in [-0.15, -0.1) is 0 Å². The van der Waals surface area contributed by atoms with Crippen LogP contribution < -0.4 is 14.8 Å². The third kappa shape index (κ3) is 10.7. The number of carboxylic acids is 2. The molecule has 252 valence electrons. The van der Waals surface area contributed by atoms with Crippen molar-refractivity contribution in [1.82, 2.24) is 14.8 Å². The van der Waals surface area contributed by atoms with Crippen LogP contribution in [0.25, 0.3) is 0 Å².